The second kappa shape index (κ2) is 5.53. The molecule has 0 atom stereocenters. The van der Waals surface area contributed by atoms with E-state index in [1.54, 1.807) is 7.11 Å². The first kappa shape index (κ1) is 14.7. The Morgan fingerprint density at radius 1 is 1.29 bits per heavy atom. The molecule has 0 spiro atoms. The highest BCUT2D eigenvalue weighted by Crippen LogP contribution is 2.50. The van der Waals surface area contributed by atoms with E-state index in [-0.39, 0.29) is 0 Å². The van der Waals surface area contributed by atoms with Gasteiger partial charge in [0.15, 0.2) is 0 Å². The molecule has 1 aromatic rings. The molecule has 0 amide bonds. The minimum atomic E-state index is -0.794. The van der Waals surface area contributed by atoms with Gasteiger partial charge in [0.2, 0.25) is 0 Å². The Morgan fingerprint density at radius 2 is 1.95 bits per heavy atom. The van der Waals surface area contributed by atoms with E-state index in [2.05, 4.69) is 0 Å². The van der Waals surface area contributed by atoms with E-state index in [4.69, 9.17) is 16.3 Å². The van der Waals surface area contributed by atoms with E-state index < -0.39 is 11.4 Å². The van der Waals surface area contributed by atoms with Crippen molar-refractivity contribution < 1.29 is 14.6 Å². The van der Waals surface area contributed by atoms with Crippen molar-refractivity contribution in [1.29, 1.82) is 0 Å². The smallest absolute Gasteiger partial charge is 0.314 e. The Hall–Kier alpha value is -1.22. The maximum absolute atomic E-state index is 11.9. The number of halogens is 1. The van der Waals surface area contributed by atoms with Crippen LogP contribution < -0.4 is 4.74 Å². The normalized spacial score (nSPS) is 21.0. The Morgan fingerprint density at radius 3 is 2.48 bits per heavy atom. The number of carbonyl (C=O) groups is 1. The van der Waals surface area contributed by atoms with E-state index in [0.29, 0.717) is 23.8 Å². The van der Waals surface area contributed by atoms with Crippen LogP contribution in [0.15, 0.2) is 12.1 Å². The fourth-order valence-electron chi connectivity index (χ4n) is 3.59. The third kappa shape index (κ3) is 2.52. The van der Waals surface area contributed by atoms with E-state index in [0.717, 1.165) is 49.0 Å². The van der Waals surface area contributed by atoms with Crippen molar-refractivity contribution in [2.24, 2.45) is 0 Å². The van der Waals surface area contributed by atoms with E-state index in [1.165, 1.54) is 0 Å². The lowest BCUT2D eigenvalue weighted by atomic mass is 9.69. The molecule has 1 N–H and O–H groups in total. The van der Waals surface area contributed by atoms with Crippen molar-refractivity contribution in [3.63, 3.8) is 0 Å². The number of carboxylic acids is 1. The summed E-state index contributed by atoms with van der Waals surface area (Å²) in [5.41, 5.74) is 1.07. The average Bonchev–Trinajstić information content (AvgIpc) is 3.31. The van der Waals surface area contributed by atoms with Gasteiger partial charge in [0, 0.05) is 10.6 Å². The number of hydrogen-bond donors (Lipinski definition) is 1. The molecule has 2 aliphatic rings. The fraction of sp³-hybridized carbons (Fsp3) is 0.588. The monoisotopic (exact) mass is 308 g/mol. The van der Waals surface area contributed by atoms with Crippen molar-refractivity contribution >= 4 is 17.6 Å². The SMILES string of the molecule is COc1cc(C2(C(=O)O)CCCCC2)cc(Cl)c1C1CC1. The third-order valence-corrected chi connectivity index (χ3v) is 5.28. The topological polar surface area (TPSA) is 46.5 Å². The average molecular weight is 309 g/mol. The lowest BCUT2D eigenvalue weighted by Gasteiger charge is -2.34. The zero-order chi connectivity index (χ0) is 15.0. The van der Waals surface area contributed by atoms with Gasteiger partial charge < -0.3 is 9.84 Å². The number of benzene rings is 1. The van der Waals surface area contributed by atoms with Crippen molar-refractivity contribution in [3.8, 4) is 5.75 Å². The molecule has 1 aromatic carbocycles. The van der Waals surface area contributed by atoms with Gasteiger partial charge in [-0.1, -0.05) is 30.9 Å². The van der Waals surface area contributed by atoms with Crippen molar-refractivity contribution in [1.82, 2.24) is 0 Å². The van der Waals surface area contributed by atoms with Gasteiger partial charge in [-0.15, -0.1) is 0 Å². The summed E-state index contributed by atoms with van der Waals surface area (Å²) in [6.45, 7) is 0. The zero-order valence-corrected chi connectivity index (χ0v) is 13.1. The number of rotatable bonds is 4. The van der Waals surface area contributed by atoms with Gasteiger partial charge in [0.05, 0.1) is 12.5 Å². The highest BCUT2D eigenvalue weighted by molar-refractivity contribution is 6.31. The highest BCUT2D eigenvalue weighted by atomic mass is 35.5. The van der Waals surface area contributed by atoms with E-state index in [9.17, 15) is 9.90 Å². The molecule has 2 aliphatic carbocycles. The molecule has 21 heavy (non-hydrogen) atoms. The van der Waals surface area contributed by atoms with E-state index in [1.807, 2.05) is 12.1 Å². The highest BCUT2D eigenvalue weighted by Gasteiger charge is 2.42. The zero-order valence-electron chi connectivity index (χ0n) is 12.3. The van der Waals surface area contributed by atoms with Crippen molar-refractivity contribution in [2.75, 3.05) is 7.11 Å². The quantitative estimate of drug-likeness (QED) is 0.890. The molecule has 0 aliphatic heterocycles. The maximum Gasteiger partial charge on any atom is 0.314 e. The predicted molar refractivity (Wildman–Crippen MR) is 82.4 cm³/mol. The van der Waals surface area contributed by atoms with Crippen LogP contribution in [0.1, 0.15) is 62.0 Å². The lowest BCUT2D eigenvalue weighted by molar-refractivity contribution is -0.145. The molecule has 0 radical (unpaired) electrons. The Labute approximate surface area is 130 Å². The molecule has 0 aromatic heterocycles. The molecule has 114 valence electrons. The summed E-state index contributed by atoms with van der Waals surface area (Å²) in [5, 5.41) is 10.5. The van der Waals surface area contributed by atoms with Gasteiger partial charge in [0.1, 0.15) is 5.75 Å². The van der Waals surface area contributed by atoms with E-state index >= 15 is 0 Å². The summed E-state index contributed by atoms with van der Waals surface area (Å²) in [6.07, 6.45) is 6.67. The van der Waals surface area contributed by atoms with Crippen LogP contribution >= 0.6 is 11.6 Å². The van der Waals surface area contributed by atoms with Gasteiger partial charge in [-0.3, -0.25) is 4.79 Å². The van der Waals surface area contributed by atoms with Gasteiger partial charge in [-0.25, -0.2) is 0 Å². The van der Waals surface area contributed by atoms with Gasteiger partial charge in [0.25, 0.3) is 0 Å². The second-order valence-electron chi connectivity index (χ2n) is 6.30. The molecule has 0 heterocycles. The standard InChI is InChI=1S/C17H21ClO3/c1-21-14-10-12(9-13(18)15(14)11-5-6-11)17(16(19)20)7-3-2-4-8-17/h9-11H,2-8H2,1H3,(H,19,20). The first-order chi connectivity index (χ1) is 10.1. The molecule has 3 nitrogen and oxygen atoms in total. The maximum atomic E-state index is 11.9. The molecule has 4 heteroatoms. The summed E-state index contributed by atoms with van der Waals surface area (Å²) in [7, 11) is 1.63. The number of ether oxygens (including phenoxy) is 1. The molecule has 2 saturated carbocycles. The van der Waals surface area contributed by atoms with Crippen molar-refractivity contribution in [3.05, 3.63) is 28.3 Å². The largest absolute Gasteiger partial charge is 0.496 e. The Balaban J connectivity index is 2.08. The van der Waals surface area contributed by atoms with Crippen LogP contribution in [0.3, 0.4) is 0 Å². The molecule has 0 saturated heterocycles. The summed E-state index contributed by atoms with van der Waals surface area (Å²) < 4.78 is 5.51. The second-order valence-corrected chi connectivity index (χ2v) is 6.70. The van der Waals surface area contributed by atoms with Crippen LogP contribution in [-0.4, -0.2) is 18.2 Å². The Bertz CT molecular complexity index is 557. The summed E-state index contributed by atoms with van der Waals surface area (Å²) in [4.78, 5) is 11.9. The first-order valence-corrected chi connectivity index (χ1v) is 8.07. The first-order valence-electron chi connectivity index (χ1n) is 7.70. The van der Waals surface area contributed by atoms with Crippen LogP contribution in [0, 0.1) is 0 Å². The van der Waals surface area contributed by atoms with Crippen LogP contribution in [0.25, 0.3) is 0 Å². The molecule has 0 unspecified atom stereocenters. The minimum absolute atomic E-state index is 0.480. The predicted octanol–water partition coefficient (Wildman–Crippen LogP) is 4.51. The van der Waals surface area contributed by atoms with Gasteiger partial charge in [-0.2, -0.15) is 0 Å². The molecular formula is C17H21ClO3. The van der Waals surface area contributed by atoms with Crippen molar-refractivity contribution in [2.45, 2.75) is 56.3 Å². The summed E-state index contributed by atoms with van der Waals surface area (Å²) in [5.74, 6) is 0.499. The molecule has 2 fully saturated rings. The lowest BCUT2D eigenvalue weighted by Crippen LogP contribution is -2.37. The molecule has 3 rings (SSSR count). The molecule has 0 bridgehead atoms. The number of aliphatic carboxylic acids is 1. The molecular weight excluding hydrogens is 288 g/mol. The van der Waals surface area contributed by atoms with Crippen LogP contribution in [0.2, 0.25) is 5.02 Å². The summed E-state index contributed by atoms with van der Waals surface area (Å²) >= 11 is 6.46. The number of carboxylic acid groups (broad SMARTS) is 1. The summed E-state index contributed by atoms with van der Waals surface area (Å²) in [6, 6.07) is 3.79. The fourth-order valence-corrected chi connectivity index (χ4v) is 3.95. The van der Waals surface area contributed by atoms with Gasteiger partial charge >= 0.3 is 5.97 Å². The van der Waals surface area contributed by atoms with Crippen LogP contribution in [-0.2, 0) is 10.2 Å². The van der Waals surface area contributed by atoms with Gasteiger partial charge in [-0.05, 0) is 49.3 Å². The van der Waals surface area contributed by atoms with Crippen LogP contribution in [0.5, 0.6) is 5.75 Å². The Kier molecular flexibility index (Phi) is 3.87. The number of hydrogen-bond acceptors (Lipinski definition) is 2. The third-order valence-electron chi connectivity index (χ3n) is 4.97. The van der Waals surface area contributed by atoms with Crippen LogP contribution in [0.4, 0.5) is 0 Å². The minimum Gasteiger partial charge on any atom is -0.496 e. The number of methoxy groups -OCH3 is 1.